The number of carbonyl (C=O) groups is 1. The molecule has 0 aliphatic carbocycles. The average molecular weight is 253 g/mol. The van der Waals surface area contributed by atoms with E-state index in [-0.39, 0.29) is 41.2 Å². The molecular weight excluding hydrogens is 228 g/mol. The van der Waals surface area contributed by atoms with Gasteiger partial charge in [-0.3, -0.25) is 4.79 Å². The van der Waals surface area contributed by atoms with E-state index in [0.717, 1.165) is 18.9 Å². The van der Waals surface area contributed by atoms with Gasteiger partial charge in [0.1, 0.15) is 0 Å². The summed E-state index contributed by atoms with van der Waals surface area (Å²) in [6, 6.07) is 0. The summed E-state index contributed by atoms with van der Waals surface area (Å²) in [6.45, 7) is 7.08. The van der Waals surface area contributed by atoms with Crippen LogP contribution in [-0.4, -0.2) is 35.4 Å². The van der Waals surface area contributed by atoms with Crippen molar-refractivity contribution in [3.05, 3.63) is 11.8 Å². The van der Waals surface area contributed by atoms with Gasteiger partial charge in [0.25, 0.3) is 0 Å². The van der Waals surface area contributed by atoms with Crippen LogP contribution in [0.4, 0.5) is 0 Å². The molecule has 0 aliphatic rings. The van der Waals surface area contributed by atoms with Gasteiger partial charge < -0.3 is 10.2 Å². The summed E-state index contributed by atoms with van der Waals surface area (Å²) < 4.78 is 0. The molecule has 0 aromatic carbocycles. The van der Waals surface area contributed by atoms with Crippen molar-refractivity contribution in [1.29, 1.82) is 0 Å². The van der Waals surface area contributed by atoms with E-state index in [2.05, 4.69) is 13.8 Å². The van der Waals surface area contributed by atoms with Gasteiger partial charge >= 0.3 is 23.1 Å². The summed E-state index contributed by atoms with van der Waals surface area (Å²) in [7, 11) is 0. The molecule has 0 aliphatic heterocycles. The number of allylic oxidation sites excluding steroid dienone is 2. The molecule has 0 N–H and O–H groups in total. The van der Waals surface area contributed by atoms with Crippen molar-refractivity contribution in [1.82, 2.24) is 0 Å². The number of carbonyl (C=O) groups excluding carboxylic acids is 1. The normalized spacial score (nSPS) is 11.9. The van der Waals surface area contributed by atoms with Crippen LogP contribution in [0.15, 0.2) is 11.8 Å². The van der Waals surface area contributed by atoms with Crippen molar-refractivity contribution in [2.24, 2.45) is 5.92 Å². The van der Waals surface area contributed by atoms with E-state index in [1.54, 1.807) is 0 Å². The van der Waals surface area contributed by atoms with Crippen molar-refractivity contribution < 1.29 is 15.0 Å². The first kappa shape index (κ1) is 22.1. The maximum absolute atomic E-state index is 10.4. The Kier molecular flexibility index (Phi) is 20.8. The van der Waals surface area contributed by atoms with E-state index in [9.17, 15) is 15.0 Å². The van der Waals surface area contributed by atoms with Crippen LogP contribution in [0, 0.1) is 5.92 Å². The monoisotopic (exact) mass is 252 g/mol. The molecule has 0 spiro atoms. The van der Waals surface area contributed by atoms with E-state index < -0.39 is 0 Å². The molecule has 96 valence electrons. The van der Waals surface area contributed by atoms with Gasteiger partial charge in [-0.15, -0.1) is 12.4 Å². The fourth-order valence-electron chi connectivity index (χ4n) is 1.18. The Morgan fingerprint density at radius 3 is 2.00 bits per heavy atom. The van der Waals surface area contributed by atoms with Gasteiger partial charge in [-0.25, -0.2) is 0 Å². The van der Waals surface area contributed by atoms with Crippen molar-refractivity contribution in [2.75, 3.05) is 6.61 Å². The summed E-state index contributed by atoms with van der Waals surface area (Å²) in [5.74, 6) is 0.0740. The Hall–Kier alpha value is -0.0638. The van der Waals surface area contributed by atoms with Crippen LogP contribution in [0.5, 0.6) is 0 Å². The molecule has 0 radical (unpaired) electrons. The van der Waals surface area contributed by atoms with Crippen molar-refractivity contribution in [3.8, 4) is 0 Å². The van der Waals surface area contributed by atoms with Crippen LogP contribution in [0.25, 0.3) is 0 Å². The maximum Gasteiger partial charge on any atom is 2.00 e. The molecule has 0 amide bonds. The first-order valence-electron chi connectivity index (χ1n) is 5.91. The third kappa shape index (κ3) is 21.7. The molecule has 0 aromatic rings. The van der Waals surface area contributed by atoms with Crippen LogP contribution >= 0.6 is 0 Å². The van der Waals surface area contributed by atoms with Crippen LogP contribution in [0.2, 0.25) is 0 Å². The zero-order chi connectivity index (χ0) is 13.0. The molecule has 3 nitrogen and oxygen atoms in total. The summed E-state index contributed by atoms with van der Waals surface area (Å²) in [5.41, 5.74) is 0. The summed E-state index contributed by atoms with van der Waals surface area (Å²) in [4.78, 5) is 9.98. The summed E-state index contributed by atoms with van der Waals surface area (Å²) >= 11 is 0. The minimum Gasteiger partial charge on any atom is -0.876 e. The Bertz CT molecular complexity index is 195. The molecule has 0 fully saturated rings. The third-order valence-corrected chi connectivity index (χ3v) is 2.19. The predicted molar refractivity (Wildman–Crippen MR) is 68.4 cm³/mol. The largest absolute Gasteiger partial charge is 2.00 e. The first-order chi connectivity index (χ1) is 7.47. The summed E-state index contributed by atoms with van der Waals surface area (Å²) in [5, 5.41) is 20.3. The van der Waals surface area contributed by atoms with Gasteiger partial charge in [-0.2, -0.15) is 0 Å². The topological polar surface area (TPSA) is 63.2 Å². The van der Waals surface area contributed by atoms with Gasteiger partial charge in [-0.1, -0.05) is 52.4 Å². The first-order valence-corrected chi connectivity index (χ1v) is 5.91. The van der Waals surface area contributed by atoms with E-state index in [1.807, 2.05) is 0 Å². The standard InChI is InChI=1S/C8H17O.C5H8O2.Mg/c1-3-5-6-8(4-2)7-9;1-4(6)3-5(2)7;/h8H,3-7H2,1-2H3;3,6H,1-2H3;/q-1;;+2/p-1/b;4-3-;. The molecule has 0 saturated heterocycles. The molecular formula is C13H24MgO3. The van der Waals surface area contributed by atoms with E-state index >= 15 is 0 Å². The minimum atomic E-state index is -0.187. The molecule has 17 heavy (non-hydrogen) atoms. The fraction of sp³-hybridized carbons (Fsp3) is 0.769. The average Bonchev–Trinajstić information content (AvgIpc) is 2.18. The van der Waals surface area contributed by atoms with Crippen LogP contribution in [-0.2, 0) is 4.79 Å². The Balaban J connectivity index is -0.000000224. The minimum absolute atomic E-state index is 0. The van der Waals surface area contributed by atoms with E-state index in [4.69, 9.17) is 0 Å². The second kappa shape index (κ2) is 15.9. The number of rotatable bonds is 6. The molecule has 0 heterocycles. The third-order valence-electron chi connectivity index (χ3n) is 2.19. The van der Waals surface area contributed by atoms with Gasteiger partial charge in [0, 0.05) is 0 Å². The smallest absolute Gasteiger partial charge is 0.876 e. The molecule has 0 bridgehead atoms. The van der Waals surface area contributed by atoms with Crippen LogP contribution in [0.1, 0.15) is 53.4 Å². The van der Waals surface area contributed by atoms with Gasteiger partial charge in [0.15, 0.2) is 5.78 Å². The molecule has 1 unspecified atom stereocenters. The SMILES string of the molecule is CC(=O)/C=C(/C)[O-].CCCCC(CC)C[O-].[Mg+2]. The zero-order valence-corrected chi connectivity index (χ0v) is 13.0. The molecule has 1 atom stereocenters. The molecule has 4 heteroatoms. The zero-order valence-electron chi connectivity index (χ0n) is 11.6. The molecule has 0 rings (SSSR count). The van der Waals surface area contributed by atoms with Crippen LogP contribution < -0.4 is 10.2 Å². The quantitative estimate of drug-likeness (QED) is 0.403. The van der Waals surface area contributed by atoms with Gasteiger partial charge in [0.2, 0.25) is 0 Å². The van der Waals surface area contributed by atoms with Gasteiger partial charge in [0.05, 0.1) is 0 Å². The Morgan fingerprint density at radius 1 is 1.29 bits per heavy atom. The Labute approximate surface area is 121 Å². The molecule has 0 aromatic heterocycles. The maximum atomic E-state index is 10.4. The van der Waals surface area contributed by atoms with E-state index in [1.165, 1.54) is 26.7 Å². The van der Waals surface area contributed by atoms with Crippen molar-refractivity contribution in [3.63, 3.8) is 0 Å². The second-order valence-corrected chi connectivity index (χ2v) is 3.95. The van der Waals surface area contributed by atoms with Crippen LogP contribution in [0.3, 0.4) is 0 Å². The Morgan fingerprint density at radius 2 is 1.82 bits per heavy atom. The number of hydrogen-bond donors (Lipinski definition) is 0. The summed E-state index contributed by atoms with van der Waals surface area (Å²) in [6.07, 6.45) is 5.69. The van der Waals surface area contributed by atoms with Crippen molar-refractivity contribution in [2.45, 2.75) is 53.4 Å². The fourth-order valence-corrected chi connectivity index (χ4v) is 1.18. The van der Waals surface area contributed by atoms with E-state index in [0.29, 0.717) is 5.92 Å². The number of unbranched alkanes of at least 4 members (excludes halogenated alkanes) is 1. The predicted octanol–water partition coefficient (Wildman–Crippen LogP) is 1.02. The number of ketones is 1. The van der Waals surface area contributed by atoms with Gasteiger partial charge in [-0.05, 0) is 13.0 Å². The second-order valence-electron chi connectivity index (χ2n) is 3.95. The number of hydrogen-bond acceptors (Lipinski definition) is 3. The molecule has 0 saturated carbocycles. The van der Waals surface area contributed by atoms with Crippen molar-refractivity contribution >= 4 is 28.8 Å².